The van der Waals surface area contributed by atoms with Gasteiger partial charge in [0.05, 0.1) is 0 Å². The van der Waals surface area contributed by atoms with Crippen LogP contribution in [0, 0.1) is 5.82 Å². The van der Waals surface area contributed by atoms with E-state index >= 15 is 0 Å². The summed E-state index contributed by atoms with van der Waals surface area (Å²) >= 11 is 0. The lowest BCUT2D eigenvalue weighted by Gasteiger charge is -2.08. The molecule has 1 saturated carbocycles. The normalized spacial score (nSPS) is 13.4. The standard InChI is InChI=1S/C19H19FN2O2/c20-16-6-4-13(5-7-16)10-11-21-18(23)14-2-1-3-15(12-14)19(24)22-17-8-9-17/h1-7,12,17H,8-11H2,(H,21,23)(H,22,24). The van der Waals surface area contributed by atoms with Crippen molar-refractivity contribution < 1.29 is 14.0 Å². The second kappa shape index (κ2) is 7.25. The molecule has 5 heteroatoms. The molecule has 0 radical (unpaired) electrons. The van der Waals surface area contributed by atoms with Crippen molar-refractivity contribution in [3.8, 4) is 0 Å². The Hall–Kier alpha value is -2.69. The maximum Gasteiger partial charge on any atom is 0.251 e. The van der Waals surface area contributed by atoms with Crippen LogP contribution >= 0.6 is 0 Å². The Morgan fingerprint density at radius 1 is 1.00 bits per heavy atom. The lowest BCUT2D eigenvalue weighted by Crippen LogP contribution is -2.27. The van der Waals surface area contributed by atoms with Crippen LogP contribution in [-0.4, -0.2) is 24.4 Å². The van der Waals surface area contributed by atoms with E-state index in [-0.39, 0.29) is 23.7 Å². The van der Waals surface area contributed by atoms with Crippen molar-refractivity contribution in [1.29, 1.82) is 0 Å². The molecule has 2 aromatic carbocycles. The number of amides is 2. The number of benzene rings is 2. The van der Waals surface area contributed by atoms with Gasteiger partial charge < -0.3 is 10.6 Å². The van der Waals surface area contributed by atoms with Crippen LogP contribution in [0.2, 0.25) is 0 Å². The molecular formula is C19H19FN2O2. The highest BCUT2D eigenvalue weighted by atomic mass is 19.1. The predicted octanol–water partition coefficient (Wildman–Crippen LogP) is 2.69. The average Bonchev–Trinajstić information content (AvgIpc) is 3.40. The quantitative estimate of drug-likeness (QED) is 0.857. The third-order valence-electron chi connectivity index (χ3n) is 3.91. The number of halogens is 1. The molecule has 24 heavy (non-hydrogen) atoms. The molecule has 3 rings (SSSR count). The summed E-state index contributed by atoms with van der Waals surface area (Å²) in [7, 11) is 0. The second-order valence-electron chi connectivity index (χ2n) is 5.96. The van der Waals surface area contributed by atoms with E-state index in [0.717, 1.165) is 18.4 Å². The molecule has 2 amide bonds. The molecule has 0 saturated heterocycles. The van der Waals surface area contributed by atoms with E-state index in [4.69, 9.17) is 0 Å². The van der Waals surface area contributed by atoms with Gasteiger partial charge in [0.1, 0.15) is 5.82 Å². The molecule has 1 aliphatic rings. The van der Waals surface area contributed by atoms with Crippen molar-refractivity contribution in [1.82, 2.24) is 10.6 Å². The second-order valence-corrected chi connectivity index (χ2v) is 5.96. The summed E-state index contributed by atoms with van der Waals surface area (Å²) in [5, 5.41) is 5.72. The van der Waals surface area contributed by atoms with Gasteiger partial charge >= 0.3 is 0 Å². The summed E-state index contributed by atoms with van der Waals surface area (Å²) < 4.78 is 12.8. The van der Waals surface area contributed by atoms with Gasteiger partial charge in [-0.3, -0.25) is 9.59 Å². The van der Waals surface area contributed by atoms with E-state index in [2.05, 4.69) is 10.6 Å². The number of hydrogen-bond donors (Lipinski definition) is 2. The summed E-state index contributed by atoms with van der Waals surface area (Å²) in [5.41, 5.74) is 1.90. The molecule has 2 N–H and O–H groups in total. The topological polar surface area (TPSA) is 58.2 Å². The fourth-order valence-corrected chi connectivity index (χ4v) is 2.37. The van der Waals surface area contributed by atoms with E-state index in [0.29, 0.717) is 24.1 Å². The lowest BCUT2D eigenvalue weighted by atomic mass is 10.1. The highest BCUT2D eigenvalue weighted by Gasteiger charge is 2.24. The van der Waals surface area contributed by atoms with E-state index in [1.807, 2.05) is 0 Å². The van der Waals surface area contributed by atoms with Crippen molar-refractivity contribution in [3.63, 3.8) is 0 Å². The first kappa shape index (κ1) is 16.2. The van der Waals surface area contributed by atoms with E-state index in [1.165, 1.54) is 12.1 Å². The Labute approximate surface area is 140 Å². The summed E-state index contributed by atoms with van der Waals surface area (Å²) in [6.07, 6.45) is 2.67. The molecule has 1 aliphatic carbocycles. The fraction of sp³-hybridized carbons (Fsp3) is 0.263. The average molecular weight is 326 g/mol. The van der Waals surface area contributed by atoms with Crippen molar-refractivity contribution in [2.45, 2.75) is 25.3 Å². The molecule has 2 aromatic rings. The molecule has 0 unspecified atom stereocenters. The maximum absolute atomic E-state index is 12.8. The molecule has 0 spiro atoms. The molecule has 124 valence electrons. The van der Waals surface area contributed by atoms with Crippen LogP contribution in [0.25, 0.3) is 0 Å². The van der Waals surface area contributed by atoms with E-state index < -0.39 is 0 Å². The third kappa shape index (κ3) is 4.41. The largest absolute Gasteiger partial charge is 0.352 e. The number of nitrogens with one attached hydrogen (secondary N) is 2. The summed E-state index contributed by atoms with van der Waals surface area (Å²) in [6.45, 7) is 0.447. The maximum atomic E-state index is 12.8. The van der Waals surface area contributed by atoms with Gasteiger partial charge in [-0.15, -0.1) is 0 Å². The zero-order valence-electron chi connectivity index (χ0n) is 13.2. The Morgan fingerprint density at radius 2 is 1.67 bits per heavy atom. The van der Waals surface area contributed by atoms with Crippen LogP contribution in [0.3, 0.4) is 0 Å². The SMILES string of the molecule is O=C(NCCc1ccc(F)cc1)c1cccc(C(=O)NC2CC2)c1. The van der Waals surface area contributed by atoms with Gasteiger partial charge in [0, 0.05) is 23.7 Å². The zero-order valence-corrected chi connectivity index (χ0v) is 13.2. The van der Waals surface area contributed by atoms with Crippen molar-refractivity contribution >= 4 is 11.8 Å². The van der Waals surface area contributed by atoms with Crippen LogP contribution in [0.4, 0.5) is 4.39 Å². The molecule has 0 aromatic heterocycles. The van der Waals surface area contributed by atoms with Gasteiger partial charge in [-0.25, -0.2) is 4.39 Å². The molecule has 0 bridgehead atoms. The lowest BCUT2D eigenvalue weighted by molar-refractivity contribution is 0.0951. The summed E-state index contributed by atoms with van der Waals surface area (Å²) in [6, 6.07) is 13.2. The third-order valence-corrected chi connectivity index (χ3v) is 3.91. The van der Waals surface area contributed by atoms with Crippen molar-refractivity contribution in [2.24, 2.45) is 0 Å². The summed E-state index contributed by atoms with van der Waals surface area (Å²) in [4.78, 5) is 24.2. The first-order valence-electron chi connectivity index (χ1n) is 8.05. The predicted molar refractivity (Wildman–Crippen MR) is 89.4 cm³/mol. The Kier molecular flexibility index (Phi) is 4.89. The van der Waals surface area contributed by atoms with Crippen LogP contribution in [0.1, 0.15) is 39.1 Å². The van der Waals surface area contributed by atoms with Crippen LogP contribution < -0.4 is 10.6 Å². The van der Waals surface area contributed by atoms with E-state index in [1.54, 1.807) is 36.4 Å². The monoisotopic (exact) mass is 326 g/mol. The van der Waals surface area contributed by atoms with Gasteiger partial charge in [0.15, 0.2) is 0 Å². The minimum atomic E-state index is -0.274. The van der Waals surface area contributed by atoms with Gasteiger partial charge in [-0.2, -0.15) is 0 Å². The Morgan fingerprint density at radius 3 is 2.33 bits per heavy atom. The number of carbonyl (C=O) groups is 2. The molecule has 0 aliphatic heterocycles. The van der Waals surface area contributed by atoms with E-state index in [9.17, 15) is 14.0 Å². The van der Waals surface area contributed by atoms with Gasteiger partial charge in [0.2, 0.25) is 0 Å². The smallest absolute Gasteiger partial charge is 0.251 e. The molecule has 0 heterocycles. The first-order chi connectivity index (χ1) is 11.6. The minimum Gasteiger partial charge on any atom is -0.352 e. The fourth-order valence-electron chi connectivity index (χ4n) is 2.37. The molecular weight excluding hydrogens is 307 g/mol. The van der Waals surface area contributed by atoms with Crippen LogP contribution in [-0.2, 0) is 6.42 Å². The summed E-state index contributed by atoms with van der Waals surface area (Å²) in [5.74, 6) is -0.638. The van der Waals surface area contributed by atoms with Crippen molar-refractivity contribution in [2.75, 3.05) is 6.54 Å². The van der Waals surface area contributed by atoms with Crippen molar-refractivity contribution in [3.05, 3.63) is 71.0 Å². The zero-order chi connectivity index (χ0) is 16.9. The highest BCUT2D eigenvalue weighted by Crippen LogP contribution is 2.19. The number of carbonyl (C=O) groups excluding carboxylic acids is 2. The van der Waals surface area contributed by atoms with Gasteiger partial charge in [-0.05, 0) is 55.2 Å². The highest BCUT2D eigenvalue weighted by molar-refractivity contribution is 5.99. The first-order valence-corrected chi connectivity index (χ1v) is 8.05. The minimum absolute atomic E-state index is 0.140. The molecule has 0 atom stereocenters. The molecule has 4 nitrogen and oxygen atoms in total. The Bertz CT molecular complexity index is 739. The molecule has 1 fully saturated rings. The Balaban J connectivity index is 1.54. The number of hydrogen-bond acceptors (Lipinski definition) is 2. The van der Waals surface area contributed by atoms with Crippen LogP contribution in [0.5, 0.6) is 0 Å². The number of rotatable bonds is 6. The van der Waals surface area contributed by atoms with Gasteiger partial charge in [0.25, 0.3) is 11.8 Å². The van der Waals surface area contributed by atoms with Crippen LogP contribution in [0.15, 0.2) is 48.5 Å². The van der Waals surface area contributed by atoms with Gasteiger partial charge in [-0.1, -0.05) is 18.2 Å².